The third-order valence-electron chi connectivity index (χ3n) is 3.87. The molecule has 0 aromatic rings. The Hall–Kier alpha value is -1.10. The smallest absolute Gasteiger partial charge is 0.306 e. The lowest BCUT2D eigenvalue weighted by atomic mass is 9.77. The number of likely N-dealkylation sites (tertiary alicyclic amines) is 1. The minimum absolute atomic E-state index is 0.0242. The van der Waals surface area contributed by atoms with E-state index in [1.807, 2.05) is 0 Å². The SMILES string of the molecule is CC(C)(C)C1CCC(=O)N(CC(O)CC(=O)O)CC1. The third-order valence-corrected chi connectivity index (χ3v) is 3.87. The predicted octanol–water partition coefficient (Wildman–Crippen LogP) is 1.50. The molecule has 1 heterocycles. The van der Waals surface area contributed by atoms with Gasteiger partial charge < -0.3 is 15.1 Å². The van der Waals surface area contributed by atoms with Crippen LogP contribution in [0.2, 0.25) is 0 Å². The van der Waals surface area contributed by atoms with Crippen LogP contribution in [0.5, 0.6) is 0 Å². The van der Waals surface area contributed by atoms with Crippen LogP contribution in [0.25, 0.3) is 0 Å². The zero-order valence-electron chi connectivity index (χ0n) is 12.1. The highest BCUT2D eigenvalue weighted by atomic mass is 16.4. The molecule has 1 rings (SSSR count). The molecule has 2 atom stereocenters. The number of aliphatic hydroxyl groups excluding tert-OH is 1. The van der Waals surface area contributed by atoms with Gasteiger partial charge in [0, 0.05) is 19.5 Å². The predicted molar refractivity (Wildman–Crippen MR) is 71.6 cm³/mol. The largest absolute Gasteiger partial charge is 0.481 e. The second-order valence-electron chi connectivity index (χ2n) is 6.48. The Labute approximate surface area is 114 Å². The monoisotopic (exact) mass is 271 g/mol. The van der Waals surface area contributed by atoms with Crippen LogP contribution in [0.3, 0.4) is 0 Å². The molecule has 0 spiro atoms. The van der Waals surface area contributed by atoms with E-state index < -0.39 is 12.1 Å². The van der Waals surface area contributed by atoms with Crippen LogP contribution in [-0.2, 0) is 9.59 Å². The van der Waals surface area contributed by atoms with E-state index >= 15 is 0 Å². The van der Waals surface area contributed by atoms with Crippen LogP contribution in [0, 0.1) is 11.3 Å². The van der Waals surface area contributed by atoms with Crippen molar-refractivity contribution in [2.75, 3.05) is 13.1 Å². The van der Waals surface area contributed by atoms with Crippen LogP contribution in [0.1, 0.15) is 46.5 Å². The van der Waals surface area contributed by atoms with Crippen molar-refractivity contribution in [3.63, 3.8) is 0 Å². The van der Waals surface area contributed by atoms with Crippen LogP contribution >= 0.6 is 0 Å². The van der Waals surface area contributed by atoms with Gasteiger partial charge in [-0.1, -0.05) is 20.8 Å². The highest BCUT2D eigenvalue weighted by molar-refractivity contribution is 5.76. The van der Waals surface area contributed by atoms with E-state index in [2.05, 4.69) is 20.8 Å². The van der Waals surface area contributed by atoms with E-state index in [0.29, 0.717) is 18.9 Å². The molecule has 1 aliphatic rings. The second-order valence-corrected chi connectivity index (χ2v) is 6.48. The first-order chi connectivity index (χ1) is 8.70. The zero-order chi connectivity index (χ0) is 14.6. The molecule has 0 aromatic carbocycles. The summed E-state index contributed by atoms with van der Waals surface area (Å²) in [6.45, 7) is 7.27. The highest BCUT2D eigenvalue weighted by Crippen LogP contribution is 2.34. The van der Waals surface area contributed by atoms with Crippen molar-refractivity contribution >= 4 is 11.9 Å². The first-order valence-corrected chi connectivity index (χ1v) is 6.87. The average Bonchev–Trinajstić information content (AvgIpc) is 2.40. The Bertz CT molecular complexity index is 335. The summed E-state index contributed by atoms with van der Waals surface area (Å²) in [5, 5.41) is 18.3. The maximum absolute atomic E-state index is 12.0. The van der Waals surface area contributed by atoms with Crippen LogP contribution in [0.15, 0.2) is 0 Å². The van der Waals surface area contributed by atoms with Gasteiger partial charge in [0.25, 0.3) is 0 Å². The zero-order valence-corrected chi connectivity index (χ0v) is 12.1. The lowest BCUT2D eigenvalue weighted by Gasteiger charge is -2.29. The van der Waals surface area contributed by atoms with Crippen LogP contribution in [0.4, 0.5) is 0 Å². The number of β-amino-alcohol motifs (C(OH)–C–C–N with tert-alkyl or cyclic N) is 1. The van der Waals surface area contributed by atoms with Crippen molar-refractivity contribution in [3.05, 3.63) is 0 Å². The molecule has 2 unspecified atom stereocenters. The van der Waals surface area contributed by atoms with Crippen molar-refractivity contribution in [2.24, 2.45) is 11.3 Å². The number of amides is 1. The quantitative estimate of drug-likeness (QED) is 0.812. The van der Waals surface area contributed by atoms with Gasteiger partial charge in [-0.25, -0.2) is 0 Å². The number of hydrogen-bond acceptors (Lipinski definition) is 3. The number of carboxylic acid groups (broad SMARTS) is 1. The molecule has 19 heavy (non-hydrogen) atoms. The molecule has 1 amide bonds. The summed E-state index contributed by atoms with van der Waals surface area (Å²) in [4.78, 5) is 24.1. The van der Waals surface area contributed by atoms with Crippen molar-refractivity contribution in [3.8, 4) is 0 Å². The molecule has 0 aromatic heterocycles. The summed E-state index contributed by atoms with van der Waals surface area (Å²) < 4.78 is 0. The Balaban J connectivity index is 2.56. The number of carbonyl (C=O) groups is 2. The van der Waals surface area contributed by atoms with Crippen molar-refractivity contribution in [1.29, 1.82) is 0 Å². The Kier molecular flexibility index (Phi) is 5.35. The van der Waals surface area contributed by atoms with Gasteiger partial charge >= 0.3 is 5.97 Å². The summed E-state index contributed by atoms with van der Waals surface area (Å²) in [5.41, 5.74) is 0.177. The second kappa shape index (κ2) is 6.37. The van der Waals surface area contributed by atoms with Crippen LogP contribution in [-0.4, -0.2) is 46.2 Å². The maximum atomic E-state index is 12.0. The number of carbonyl (C=O) groups excluding carboxylic acids is 1. The van der Waals surface area contributed by atoms with E-state index in [1.54, 1.807) is 4.90 Å². The molecule has 110 valence electrons. The summed E-state index contributed by atoms with van der Waals surface area (Å²) in [5.74, 6) is -0.531. The molecular weight excluding hydrogens is 246 g/mol. The van der Waals surface area contributed by atoms with Gasteiger partial charge in [0.1, 0.15) is 0 Å². The van der Waals surface area contributed by atoms with Gasteiger partial charge in [0.2, 0.25) is 5.91 Å². The molecule has 1 saturated heterocycles. The Morgan fingerprint density at radius 3 is 2.58 bits per heavy atom. The minimum atomic E-state index is -1.04. The normalized spacial score (nSPS) is 23.1. The van der Waals surface area contributed by atoms with Crippen LogP contribution < -0.4 is 0 Å². The molecule has 0 bridgehead atoms. The van der Waals surface area contributed by atoms with E-state index in [1.165, 1.54) is 0 Å². The van der Waals surface area contributed by atoms with Gasteiger partial charge in [-0.3, -0.25) is 9.59 Å². The highest BCUT2D eigenvalue weighted by Gasteiger charge is 2.30. The van der Waals surface area contributed by atoms with Gasteiger partial charge in [-0.2, -0.15) is 0 Å². The van der Waals surface area contributed by atoms with Gasteiger partial charge in [-0.15, -0.1) is 0 Å². The number of aliphatic carboxylic acids is 1. The Morgan fingerprint density at radius 2 is 2.05 bits per heavy atom. The summed E-state index contributed by atoms with van der Waals surface area (Å²) >= 11 is 0. The number of aliphatic hydroxyl groups is 1. The fraction of sp³-hybridized carbons (Fsp3) is 0.857. The molecule has 0 saturated carbocycles. The summed E-state index contributed by atoms with van der Waals surface area (Å²) in [6, 6.07) is 0. The third kappa shape index (κ3) is 5.19. The Morgan fingerprint density at radius 1 is 1.42 bits per heavy atom. The van der Waals surface area contributed by atoms with Gasteiger partial charge in [0.15, 0.2) is 0 Å². The lowest BCUT2D eigenvalue weighted by Crippen LogP contribution is -2.38. The standard InChI is InChI=1S/C14H25NO4/c1-14(2,3)10-4-5-12(17)15(7-6-10)9-11(16)8-13(18)19/h10-11,16H,4-9H2,1-3H3,(H,18,19). The number of nitrogens with zero attached hydrogens (tertiary/aromatic N) is 1. The minimum Gasteiger partial charge on any atom is -0.481 e. The fourth-order valence-corrected chi connectivity index (χ4v) is 2.62. The molecule has 5 heteroatoms. The summed E-state index contributed by atoms with van der Waals surface area (Å²) in [7, 11) is 0. The van der Waals surface area contributed by atoms with Crippen molar-refractivity contribution in [1.82, 2.24) is 4.90 Å². The van der Waals surface area contributed by atoms with E-state index in [-0.39, 0.29) is 24.3 Å². The first kappa shape index (κ1) is 16.0. The molecule has 5 nitrogen and oxygen atoms in total. The van der Waals surface area contributed by atoms with E-state index in [0.717, 1.165) is 12.8 Å². The van der Waals surface area contributed by atoms with Gasteiger partial charge in [-0.05, 0) is 24.2 Å². The van der Waals surface area contributed by atoms with E-state index in [9.17, 15) is 14.7 Å². The number of rotatable bonds is 4. The van der Waals surface area contributed by atoms with Gasteiger partial charge in [0.05, 0.1) is 12.5 Å². The van der Waals surface area contributed by atoms with E-state index in [4.69, 9.17) is 5.11 Å². The fourth-order valence-electron chi connectivity index (χ4n) is 2.62. The molecular formula is C14H25NO4. The topological polar surface area (TPSA) is 77.8 Å². The molecule has 0 aliphatic carbocycles. The van der Waals surface area contributed by atoms with Crippen molar-refractivity contribution in [2.45, 2.75) is 52.6 Å². The lowest BCUT2D eigenvalue weighted by molar-refractivity contribution is -0.141. The average molecular weight is 271 g/mol. The molecule has 2 N–H and O–H groups in total. The number of carboxylic acids is 1. The first-order valence-electron chi connectivity index (χ1n) is 6.87. The van der Waals surface area contributed by atoms with Crippen molar-refractivity contribution < 1.29 is 19.8 Å². The molecule has 0 radical (unpaired) electrons. The number of hydrogen-bond donors (Lipinski definition) is 2. The summed E-state index contributed by atoms with van der Waals surface area (Å²) in [6.07, 6.45) is 0.976. The molecule has 1 aliphatic heterocycles. The molecule has 1 fully saturated rings. The maximum Gasteiger partial charge on any atom is 0.306 e.